The van der Waals surface area contributed by atoms with Crippen LogP contribution in [0.2, 0.25) is 0 Å². The number of benzene rings is 2. The maximum atomic E-state index is 14.2. The first kappa shape index (κ1) is 16.5. The third-order valence-corrected chi connectivity index (χ3v) is 3.23. The Morgan fingerprint density at radius 3 is 2.68 bits per heavy atom. The standard InChI is InChI=1S/C16H11F3N4O2/c17-11-7-10(5-6-13(11)23-9-20-8-21-23)15(24)22-12-3-1-2-4-14(12)25-16(18)19/h1-9,16H,(H,22,24). The van der Waals surface area contributed by atoms with E-state index in [0.29, 0.717) is 0 Å². The van der Waals surface area contributed by atoms with Gasteiger partial charge in [0.1, 0.15) is 29.9 Å². The van der Waals surface area contributed by atoms with Crippen LogP contribution in [-0.4, -0.2) is 27.3 Å². The van der Waals surface area contributed by atoms with E-state index in [-0.39, 0.29) is 22.7 Å². The lowest BCUT2D eigenvalue weighted by Crippen LogP contribution is -2.14. The van der Waals surface area contributed by atoms with Crippen LogP contribution in [0.1, 0.15) is 10.4 Å². The molecule has 0 bridgehead atoms. The number of nitrogens with zero attached hydrogens (tertiary/aromatic N) is 3. The number of anilines is 1. The van der Waals surface area contributed by atoms with E-state index in [9.17, 15) is 18.0 Å². The molecule has 9 heteroatoms. The molecular weight excluding hydrogens is 337 g/mol. The van der Waals surface area contributed by atoms with Crippen LogP contribution in [0, 0.1) is 5.82 Å². The summed E-state index contributed by atoms with van der Waals surface area (Å²) in [5.74, 6) is -1.55. The Hall–Kier alpha value is -3.36. The van der Waals surface area contributed by atoms with Crippen LogP contribution in [-0.2, 0) is 0 Å². The normalized spacial score (nSPS) is 10.7. The first-order chi connectivity index (χ1) is 12.0. The van der Waals surface area contributed by atoms with Crippen LogP contribution < -0.4 is 10.1 Å². The predicted octanol–water partition coefficient (Wildman–Crippen LogP) is 3.26. The lowest BCUT2D eigenvalue weighted by atomic mass is 10.1. The number of hydrogen-bond donors (Lipinski definition) is 1. The minimum atomic E-state index is -3.03. The third kappa shape index (κ3) is 3.77. The molecule has 1 amide bonds. The van der Waals surface area contributed by atoms with Crippen LogP contribution in [0.15, 0.2) is 55.1 Å². The van der Waals surface area contributed by atoms with Crippen LogP contribution in [0.3, 0.4) is 0 Å². The van der Waals surface area contributed by atoms with Crippen molar-refractivity contribution in [2.24, 2.45) is 0 Å². The van der Waals surface area contributed by atoms with Crippen LogP contribution >= 0.6 is 0 Å². The van der Waals surface area contributed by atoms with Crippen LogP contribution in [0.25, 0.3) is 5.69 Å². The maximum absolute atomic E-state index is 14.2. The van der Waals surface area contributed by atoms with Crippen LogP contribution in [0.5, 0.6) is 5.75 Å². The van der Waals surface area contributed by atoms with Crippen molar-refractivity contribution in [3.8, 4) is 11.4 Å². The minimum absolute atomic E-state index is 0.00761. The fraction of sp³-hybridized carbons (Fsp3) is 0.0625. The molecule has 0 fully saturated rings. The Bertz CT molecular complexity index is 885. The van der Waals surface area contributed by atoms with Gasteiger partial charge in [-0.1, -0.05) is 12.1 Å². The van der Waals surface area contributed by atoms with Crippen molar-refractivity contribution in [2.45, 2.75) is 6.61 Å². The van der Waals surface area contributed by atoms with E-state index in [1.165, 1.54) is 47.7 Å². The van der Waals surface area contributed by atoms with Gasteiger partial charge in [0, 0.05) is 5.56 Å². The number of ether oxygens (including phenoxy) is 1. The highest BCUT2D eigenvalue weighted by atomic mass is 19.3. The van der Waals surface area contributed by atoms with E-state index in [1.807, 2.05) is 0 Å². The van der Waals surface area contributed by atoms with Gasteiger partial charge < -0.3 is 10.1 Å². The van der Waals surface area contributed by atoms with Gasteiger partial charge in [0.2, 0.25) is 0 Å². The highest BCUT2D eigenvalue weighted by Crippen LogP contribution is 2.26. The summed E-state index contributed by atoms with van der Waals surface area (Å²) in [5, 5.41) is 6.22. The Kier molecular flexibility index (Phi) is 4.64. The predicted molar refractivity (Wildman–Crippen MR) is 82.3 cm³/mol. The third-order valence-electron chi connectivity index (χ3n) is 3.23. The number of aromatic nitrogens is 3. The summed E-state index contributed by atoms with van der Waals surface area (Å²) in [4.78, 5) is 16.0. The zero-order valence-electron chi connectivity index (χ0n) is 12.6. The maximum Gasteiger partial charge on any atom is 0.387 e. The van der Waals surface area contributed by atoms with Gasteiger partial charge in [-0.05, 0) is 30.3 Å². The quantitative estimate of drug-likeness (QED) is 0.768. The second kappa shape index (κ2) is 7.04. The number of amides is 1. The van der Waals surface area contributed by atoms with Gasteiger partial charge in [-0.25, -0.2) is 14.1 Å². The second-order valence-corrected chi connectivity index (χ2v) is 4.84. The summed E-state index contributed by atoms with van der Waals surface area (Å²) in [6.07, 6.45) is 2.57. The molecule has 1 N–H and O–H groups in total. The van der Waals surface area contributed by atoms with Gasteiger partial charge in [-0.15, -0.1) is 0 Å². The molecular formula is C16H11F3N4O2. The van der Waals surface area contributed by atoms with Crippen LogP contribution in [0.4, 0.5) is 18.9 Å². The largest absolute Gasteiger partial charge is 0.433 e. The van der Waals surface area contributed by atoms with Crippen molar-refractivity contribution >= 4 is 11.6 Å². The minimum Gasteiger partial charge on any atom is -0.433 e. The summed E-state index contributed by atoms with van der Waals surface area (Å²) < 4.78 is 44.5. The first-order valence-electron chi connectivity index (χ1n) is 7.04. The molecule has 6 nitrogen and oxygen atoms in total. The SMILES string of the molecule is O=C(Nc1ccccc1OC(F)F)c1ccc(-n2cncn2)c(F)c1. The molecule has 0 saturated carbocycles. The molecule has 3 rings (SSSR count). The average Bonchev–Trinajstić information content (AvgIpc) is 3.10. The average molecular weight is 348 g/mol. The molecule has 0 atom stereocenters. The molecule has 1 aromatic heterocycles. The van der Waals surface area contributed by atoms with Crippen molar-refractivity contribution in [1.82, 2.24) is 14.8 Å². The van der Waals surface area contributed by atoms with E-state index in [4.69, 9.17) is 0 Å². The zero-order valence-corrected chi connectivity index (χ0v) is 12.6. The van der Waals surface area contributed by atoms with Crippen molar-refractivity contribution in [1.29, 1.82) is 0 Å². The van der Waals surface area contributed by atoms with E-state index >= 15 is 0 Å². The number of carbonyl (C=O) groups is 1. The molecule has 0 aliphatic rings. The van der Waals surface area contributed by atoms with Crippen molar-refractivity contribution in [2.75, 3.05) is 5.32 Å². The van der Waals surface area contributed by atoms with Gasteiger partial charge in [0.05, 0.1) is 5.69 Å². The molecule has 0 radical (unpaired) electrons. The Morgan fingerprint density at radius 2 is 2.00 bits per heavy atom. The fourth-order valence-electron chi connectivity index (χ4n) is 2.13. The lowest BCUT2D eigenvalue weighted by molar-refractivity contribution is -0.0493. The number of alkyl halides is 2. The van der Waals surface area contributed by atoms with E-state index in [0.717, 1.165) is 6.07 Å². The number of hydrogen-bond acceptors (Lipinski definition) is 4. The van der Waals surface area contributed by atoms with Crippen molar-refractivity contribution in [3.05, 3.63) is 66.5 Å². The van der Waals surface area contributed by atoms with E-state index in [1.54, 1.807) is 6.07 Å². The van der Waals surface area contributed by atoms with Crippen molar-refractivity contribution in [3.63, 3.8) is 0 Å². The molecule has 0 spiro atoms. The monoisotopic (exact) mass is 348 g/mol. The summed E-state index contributed by atoms with van der Waals surface area (Å²) in [5.41, 5.74) is 0.178. The Morgan fingerprint density at radius 1 is 1.20 bits per heavy atom. The van der Waals surface area contributed by atoms with Gasteiger partial charge in [0.15, 0.2) is 0 Å². The highest BCUT2D eigenvalue weighted by Gasteiger charge is 2.15. The number of rotatable bonds is 5. The van der Waals surface area contributed by atoms with E-state index in [2.05, 4.69) is 20.1 Å². The van der Waals surface area contributed by atoms with Gasteiger partial charge in [-0.3, -0.25) is 4.79 Å². The van der Waals surface area contributed by atoms with Gasteiger partial charge >= 0.3 is 6.61 Å². The summed E-state index contributed by atoms with van der Waals surface area (Å²) in [6, 6.07) is 9.48. The summed E-state index contributed by atoms with van der Waals surface area (Å²) in [6.45, 7) is -3.03. The molecule has 0 saturated heterocycles. The molecule has 25 heavy (non-hydrogen) atoms. The second-order valence-electron chi connectivity index (χ2n) is 4.84. The highest BCUT2D eigenvalue weighted by molar-refractivity contribution is 6.05. The topological polar surface area (TPSA) is 69.0 Å². The molecule has 3 aromatic rings. The molecule has 1 heterocycles. The fourth-order valence-corrected chi connectivity index (χ4v) is 2.13. The van der Waals surface area contributed by atoms with Gasteiger partial charge in [-0.2, -0.15) is 13.9 Å². The Balaban J connectivity index is 1.82. The molecule has 0 aliphatic heterocycles. The van der Waals surface area contributed by atoms with Crippen molar-refractivity contribution < 1.29 is 22.7 Å². The molecule has 0 unspecified atom stereocenters. The number of nitrogens with one attached hydrogen (secondary N) is 1. The number of halogens is 3. The zero-order chi connectivity index (χ0) is 17.8. The number of para-hydroxylation sites is 2. The Labute approximate surface area is 139 Å². The smallest absolute Gasteiger partial charge is 0.387 e. The summed E-state index contributed by atoms with van der Waals surface area (Å²) >= 11 is 0. The molecule has 0 aliphatic carbocycles. The molecule has 128 valence electrons. The first-order valence-corrected chi connectivity index (χ1v) is 7.04. The summed E-state index contributed by atoms with van der Waals surface area (Å²) in [7, 11) is 0. The lowest BCUT2D eigenvalue weighted by Gasteiger charge is -2.12. The van der Waals surface area contributed by atoms with Gasteiger partial charge in [0.25, 0.3) is 5.91 Å². The molecule has 2 aromatic carbocycles. The number of carbonyl (C=O) groups excluding carboxylic acids is 1. The van der Waals surface area contributed by atoms with E-state index < -0.39 is 18.3 Å².